The Morgan fingerprint density at radius 2 is 1.74 bits per heavy atom. The summed E-state index contributed by atoms with van der Waals surface area (Å²) in [7, 11) is 0. The molecule has 4 rings (SSSR count). The Bertz CT molecular complexity index is 1260. The van der Waals surface area contributed by atoms with Crippen molar-refractivity contribution in [1.29, 1.82) is 0 Å². The number of likely N-dealkylation sites (N-methyl/N-ethyl adjacent to an activating group) is 1. The second-order valence-electron chi connectivity index (χ2n) is 9.09. The Morgan fingerprint density at radius 1 is 1.06 bits per heavy atom. The van der Waals surface area contributed by atoms with Crippen LogP contribution < -0.4 is 15.1 Å². The smallest absolute Gasteiger partial charge is 0.335 e. The number of carbonyl (C=O) groups is 3. The van der Waals surface area contributed by atoms with Crippen LogP contribution in [0.2, 0.25) is 5.02 Å². The molecule has 0 bridgehead atoms. The van der Waals surface area contributed by atoms with Gasteiger partial charge in [-0.2, -0.15) is 0 Å². The molecule has 0 aromatic heterocycles. The zero-order chi connectivity index (χ0) is 24.8. The number of rotatable bonds is 4. The average Bonchev–Trinajstić information content (AvgIpc) is 2.77. The number of aryl methyl sites for hydroxylation is 1. The third kappa shape index (κ3) is 4.03. The van der Waals surface area contributed by atoms with Crippen molar-refractivity contribution in [3.63, 3.8) is 0 Å². The lowest BCUT2D eigenvalue weighted by molar-refractivity contribution is -0.122. The summed E-state index contributed by atoms with van der Waals surface area (Å²) in [6.45, 7) is 11.3. The second-order valence-corrected chi connectivity index (χ2v) is 9.50. The number of imide groups is 2. The summed E-state index contributed by atoms with van der Waals surface area (Å²) in [4.78, 5) is 41.6. The fraction of sp³-hybridized carbons (Fsp3) is 0.296. The first-order valence-corrected chi connectivity index (χ1v) is 11.8. The third-order valence-corrected chi connectivity index (χ3v) is 6.74. The molecule has 1 N–H and O–H groups in total. The maximum atomic E-state index is 13.3. The largest absolute Gasteiger partial charge is 0.363 e. The molecule has 0 aliphatic carbocycles. The lowest BCUT2D eigenvalue weighted by Crippen LogP contribution is -2.54. The number of barbiturate groups is 1. The van der Waals surface area contributed by atoms with E-state index in [4.69, 9.17) is 11.6 Å². The minimum absolute atomic E-state index is 0.147. The van der Waals surface area contributed by atoms with Gasteiger partial charge in [-0.25, -0.2) is 9.69 Å². The highest BCUT2D eigenvalue weighted by Gasteiger charge is 2.37. The topological polar surface area (TPSA) is 69.7 Å². The number of hydrogen-bond donors (Lipinski definition) is 1. The van der Waals surface area contributed by atoms with Crippen LogP contribution in [-0.4, -0.2) is 29.9 Å². The van der Waals surface area contributed by atoms with Crippen molar-refractivity contribution >= 4 is 52.5 Å². The van der Waals surface area contributed by atoms with E-state index < -0.39 is 17.8 Å². The summed E-state index contributed by atoms with van der Waals surface area (Å²) < 4.78 is 0. The Kier molecular flexibility index (Phi) is 6.13. The first-order valence-electron chi connectivity index (χ1n) is 11.4. The van der Waals surface area contributed by atoms with Crippen molar-refractivity contribution in [3.05, 3.63) is 69.8 Å². The molecule has 0 atom stereocenters. The van der Waals surface area contributed by atoms with Gasteiger partial charge >= 0.3 is 6.03 Å². The monoisotopic (exact) mass is 477 g/mol. The van der Waals surface area contributed by atoms with E-state index in [1.54, 1.807) is 12.1 Å². The summed E-state index contributed by atoms with van der Waals surface area (Å²) in [5.74, 6) is -1.43. The van der Waals surface area contributed by atoms with Crippen molar-refractivity contribution in [1.82, 2.24) is 5.32 Å². The Morgan fingerprint density at radius 3 is 2.35 bits per heavy atom. The van der Waals surface area contributed by atoms with Gasteiger partial charge in [-0.05, 0) is 81.2 Å². The van der Waals surface area contributed by atoms with Crippen molar-refractivity contribution in [2.24, 2.45) is 0 Å². The van der Waals surface area contributed by atoms with Crippen molar-refractivity contribution in [3.8, 4) is 0 Å². The number of fused-ring (bicyclic) bond motifs is 1. The molecule has 2 aliphatic heterocycles. The summed E-state index contributed by atoms with van der Waals surface area (Å²) in [5.41, 5.74) is 4.79. The molecule has 4 amide bonds. The Balaban J connectivity index is 1.77. The van der Waals surface area contributed by atoms with Gasteiger partial charge < -0.3 is 4.90 Å². The first kappa shape index (κ1) is 23.8. The van der Waals surface area contributed by atoms with Gasteiger partial charge in [-0.15, -0.1) is 0 Å². The first-order chi connectivity index (χ1) is 16.1. The summed E-state index contributed by atoms with van der Waals surface area (Å²) in [6.07, 6.45) is 4.49. The molecule has 0 unspecified atom stereocenters. The van der Waals surface area contributed by atoms with E-state index in [-0.39, 0.29) is 11.1 Å². The van der Waals surface area contributed by atoms with Gasteiger partial charge in [-0.1, -0.05) is 36.7 Å². The van der Waals surface area contributed by atoms with Crippen LogP contribution in [0.3, 0.4) is 0 Å². The highest BCUT2D eigenvalue weighted by atomic mass is 35.5. The minimum atomic E-state index is -0.771. The van der Waals surface area contributed by atoms with Gasteiger partial charge in [0.15, 0.2) is 0 Å². The number of hydrogen-bond acceptors (Lipinski definition) is 4. The van der Waals surface area contributed by atoms with Crippen LogP contribution in [0.25, 0.3) is 11.6 Å². The van der Waals surface area contributed by atoms with Crippen LogP contribution >= 0.6 is 11.6 Å². The number of nitrogens with zero attached hydrogens (tertiary/aromatic N) is 2. The SMILES string of the molecule is CCc1ccc(N2C(=O)NC(=O)/C(=C/c3cc4c(cc3Cl)N(CC)C(C)(C)C=C4C)C2=O)cc1. The molecule has 2 aromatic carbocycles. The zero-order valence-electron chi connectivity index (χ0n) is 20.0. The average molecular weight is 478 g/mol. The number of allylic oxidation sites excluding steroid dienone is 1. The van der Waals surface area contributed by atoms with Crippen LogP contribution in [0.4, 0.5) is 16.2 Å². The molecular formula is C27H28ClN3O3. The van der Waals surface area contributed by atoms with Gasteiger partial charge in [0.1, 0.15) is 5.57 Å². The number of halogens is 1. The second kappa shape index (κ2) is 8.76. The predicted octanol–water partition coefficient (Wildman–Crippen LogP) is 5.59. The highest BCUT2D eigenvalue weighted by Crippen LogP contribution is 2.41. The summed E-state index contributed by atoms with van der Waals surface area (Å²) in [6, 6.07) is 10.1. The van der Waals surface area contributed by atoms with Gasteiger partial charge in [0.2, 0.25) is 0 Å². The molecule has 0 saturated carbocycles. The Labute approximate surface area is 204 Å². The molecule has 2 aliphatic rings. The number of amides is 4. The molecule has 0 spiro atoms. The van der Waals surface area contributed by atoms with E-state index in [9.17, 15) is 14.4 Å². The van der Waals surface area contributed by atoms with E-state index in [2.05, 4.69) is 37.1 Å². The Hall–Kier alpha value is -3.38. The van der Waals surface area contributed by atoms with Gasteiger partial charge in [0, 0.05) is 22.8 Å². The number of nitrogens with one attached hydrogen (secondary N) is 1. The van der Waals surface area contributed by atoms with Crippen LogP contribution in [-0.2, 0) is 16.0 Å². The van der Waals surface area contributed by atoms with E-state index in [1.165, 1.54) is 6.08 Å². The van der Waals surface area contributed by atoms with Crippen molar-refractivity contribution < 1.29 is 14.4 Å². The fourth-order valence-corrected chi connectivity index (χ4v) is 4.94. The molecule has 0 radical (unpaired) electrons. The normalized spacial score (nSPS) is 18.7. The maximum Gasteiger partial charge on any atom is 0.335 e. The molecule has 2 aromatic rings. The molecule has 2 heterocycles. The lowest BCUT2D eigenvalue weighted by atomic mass is 9.87. The quantitative estimate of drug-likeness (QED) is 0.460. The van der Waals surface area contributed by atoms with Crippen LogP contribution in [0.5, 0.6) is 0 Å². The molecule has 176 valence electrons. The number of urea groups is 1. The van der Waals surface area contributed by atoms with Crippen molar-refractivity contribution in [2.75, 3.05) is 16.3 Å². The maximum absolute atomic E-state index is 13.3. The number of carbonyl (C=O) groups excluding carboxylic acids is 3. The number of anilines is 2. The fourth-order valence-electron chi connectivity index (χ4n) is 4.73. The summed E-state index contributed by atoms with van der Waals surface area (Å²) in [5, 5.41) is 2.69. The molecule has 34 heavy (non-hydrogen) atoms. The zero-order valence-corrected chi connectivity index (χ0v) is 20.8. The van der Waals surface area contributed by atoms with Crippen molar-refractivity contribution in [2.45, 2.75) is 46.6 Å². The van der Waals surface area contributed by atoms with Crippen LogP contribution in [0.1, 0.15) is 51.3 Å². The standard InChI is InChI=1S/C27H28ClN3O3/c1-6-17-8-10-19(11-9-17)31-25(33)21(24(32)29-26(31)34)13-18-12-20-16(3)15-27(4,5)30(7-2)23(20)14-22(18)28/h8-15H,6-7H2,1-5H3,(H,29,32,34)/b21-13-. The summed E-state index contributed by atoms with van der Waals surface area (Å²) >= 11 is 6.64. The van der Waals surface area contributed by atoms with Crippen LogP contribution in [0.15, 0.2) is 48.0 Å². The highest BCUT2D eigenvalue weighted by molar-refractivity contribution is 6.40. The third-order valence-electron chi connectivity index (χ3n) is 6.42. The molecule has 1 fully saturated rings. The molecule has 7 heteroatoms. The lowest BCUT2D eigenvalue weighted by Gasteiger charge is -2.43. The van der Waals surface area contributed by atoms with E-state index >= 15 is 0 Å². The predicted molar refractivity (Wildman–Crippen MR) is 137 cm³/mol. The van der Waals surface area contributed by atoms with Gasteiger partial charge in [0.25, 0.3) is 11.8 Å². The van der Waals surface area contributed by atoms with Crippen LogP contribution in [0, 0.1) is 0 Å². The van der Waals surface area contributed by atoms with E-state index in [0.717, 1.165) is 40.3 Å². The minimum Gasteiger partial charge on any atom is -0.363 e. The number of benzene rings is 2. The van der Waals surface area contributed by atoms with Gasteiger partial charge in [0.05, 0.1) is 11.2 Å². The molecule has 6 nitrogen and oxygen atoms in total. The van der Waals surface area contributed by atoms with Gasteiger partial charge in [-0.3, -0.25) is 14.9 Å². The van der Waals surface area contributed by atoms with E-state index in [0.29, 0.717) is 16.3 Å². The molecule has 1 saturated heterocycles. The van der Waals surface area contributed by atoms with E-state index in [1.807, 2.05) is 38.1 Å². The molecular weight excluding hydrogens is 450 g/mol.